The van der Waals surface area contributed by atoms with Gasteiger partial charge in [-0.15, -0.1) is 0 Å². The Hall–Kier alpha value is -2.49. The van der Waals surface area contributed by atoms with Crippen LogP contribution in [0.25, 0.3) is 0 Å². The Morgan fingerprint density at radius 3 is 2.04 bits per heavy atom. The van der Waals surface area contributed by atoms with Crippen molar-refractivity contribution in [2.45, 2.75) is 26.2 Å². The molecule has 0 aliphatic carbocycles. The van der Waals surface area contributed by atoms with Crippen LogP contribution in [0.15, 0.2) is 54.6 Å². The lowest BCUT2D eigenvalue weighted by Crippen LogP contribution is -2.50. The summed E-state index contributed by atoms with van der Waals surface area (Å²) >= 11 is 0. The van der Waals surface area contributed by atoms with E-state index in [4.69, 9.17) is 0 Å². The summed E-state index contributed by atoms with van der Waals surface area (Å²) in [6.07, 6.45) is 0. The SMILES string of the molecule is CC(C)(C)c1ccc(N2CCN(C(=O)Nc3ccccc3)CC2)cc1. The van der Waals surface area contributed by atoms with Gasteiger partial charge in [-0.25, -0.2) is 4.79 Å². The minimum absolute atomic E-state index is 0.0195. The summed E-state index contributed by atoms with van der Waals surface area (Å²) < 4.78 is 0. The van der Waals surface area contributed by atoms with Crippen LogP contribution in [-0.4, -0.2) is 37.1 Å². The van der Waals surface area contributed by atoms with Gasteiger partial charge in [-0.2, -0.15) is 0 Å². The third-order valence-electron chi connectivity index (χ3n) is 4.69. The first-order valence-electron chi connectivity index (χ1n) is 8.90. The summed E-state index contributed by atoms with van der Waals surface area (Å²) in [5, 5.41) is 2.96. The largest absolute Gasteiger partial charge is 0.368 e. The average molecular weight is 337 g/mol. The van der Waals surface area contributed by atoms with Crippen molar-refractivity contribution in [3.8, 4) is 0 Å². The van der Waals surface area contributed by atoms with Crippen molar-refractivity contribution in [3.05, 3.63) is 60.2 Å². The highest BCUT2D eigenvalue weighted by Gasteiger charge is 2.22. The average Bonchev–Trinajstić information content (AvgIpc) is 2.62. The van der Waals surface area contributed by atoms with E-state index in [0.29, 0.717) is 0 Å². The predicted molar refractivity (Wildman–Crippen MR) is 104 cm³/mol. The van der Waals surface area contributed by atoms with E-state index in [1.165, 1.54) is 11.3 Å². The first-order valence-corrected chi connectivity index (χ1v) is 8.90. The van der Waals surface area contributed by atoms with E-state index in [-0.39, 0.29) is 11.4 Å². The Morgan fingerprint density at radius 1 is 0.880 bits per heavy atom. The molecule has 0 saturated carbocycles. The van der Waals surface area contributed by atoms with Crippen molar-refractivity contribution in [2.75, 3.05) is 36.4 Å². The van der Waals surface area contributed by atoms with Gasteiger partial charge in [0, 0.05) is 37.6 Å². The van der Waals surface area contributed by atoms with E-state index in [0.717, 1.165) is 31.9 Å². The molecule has 0 atom stereocenters. The molecule has 4 heteroatoms. The van der Waals surface area contributed by atoms with Crippen LogP contribution in [0.2, 0.25) is 0 Å². The Balaban J connectivity index is 1.55. The molecule has 0 unspecified atom stereocenters. The number of anilines is 2. The van der Waals surface area contributed by atoms with Gasteiger partial charge in [-0.1, -0.05) is 51.1 Å². The minimum Gasteiger partial charge on any atom is -0.368 e. The number of benzene rings is 2. The summed E-state index contributed by atoms with van der Waals surface area (Å²) in [6.45, 7) is 9.87. The number of nitrogens with one attached hydrogen (secondary N) is 1. The molecule has 1 N–H and O–H groups in total. The molecule has 1 heterocycles. The van der Waals surface area contributed by atoms with Crippen LogP contribution in [0.5, 0.6) is 0 Å². The van der Waals surface area contributed by atoms with Crippen molar-refractivity contribution in [2.24, 2.45) is 0 Å². The Labute approximate surface area is 150 Å². The lowest BCUT2D eigenvalue weighted by atomic mass is 9.87. The smallest absolute Gasteiger partial charge is 0.321 e. The molecular weight excluding hydrogens is 310 g/mol. The number of urea groups is 1. The second kappa shape index (κ2) is 7.18. The fourth-order valence-electron chi connectivity index (χ4n) is 3.06. The number of nitrogens with zero attached hydrogens (tertiary/aromatic N) is 2. The zero-order valence-corrected chi connectivity index (χ0v) is 15.3. The van der Waals surface area contributed by atoms with Crippen molar-refractivity contribution in [3.63, 3.8) is 0 Å². The highest BCUT2D eigenvalue weighted by atomic mass is 16.2. The van der Waals surface area contributed by atoms with Crippen LogP contribution in [0.3, 0.4) is 0 Å². The number of rotatable bonds is 2. The Kier molecular flexibility index (Phi) is 4.98. The molecule has 1 fully saturated rings. The molecule has 1 aliphatic rings. The molecule has 0 radical (unpaired) electrons. The third kappa shape index (κ3) is 4.32. The van der Waals surface area contributed by atoms with Gasteiger partial charge >= 0.3 is 6.03 Å². The number of carbonyl (C=O) groups excluding carboxylic acids is 1. The van der Waals surface area contributed by atoms with E-state index < -0.39 is 0 Å². The van der Waals surface area contributed by atoms with Crippen LogP contribution < -0.4 is 10.2 Å². The van der Waals surface area contributed by atoms with Crippen molar-refractivity contribution < 1.29 is 4.79 Å². The lowest BCUT2D eigenvalue weighted by molar-refractivity contribution is 0.208. The molecule has 1 saturated heterocycles. The molecule has 1 aliphatic heterocycles. The fraction of sp³-hybridized carbons (Fsp3) is 0.381. The highest BCUT2D eigenvalue weighted by Crippen LogP contribution is 2.25. The lowest BCUT2D eigenvalue weighted by Gasteiger charge is -2.36. The summed E-state index contributed by atoms with van der Waals surface area (Å²) in [4.78, 5) is 16.6. The molecule has 0 spiro atoms. The van der Waals surface area contributed by atoms with Gasteiger partial charge in [-0.3, -0.25) is 0 Å². The molecular formula is C21H27N3O. The van der Waals surface area contributed by atoms with Crippen LogP contribution in [0.4, 0.5) is 16.2 Å². The normalized spacial score (nSPS) is 15.2. The molecule has 132 valence electrons. The number of amides is 2. The molecule has 0 aromatic heterocycles. The first-order chi connectivity index (χ1) is 11.9. The monoisotopic (exact) mass is 337 g/mol. The van der Waals surface area contributed by atoms with Crippen LogP contribution in [-0.2, 0) is 5.41 Å². The second-order valence-corrected chi connectivity index (χ2v) is 7.57. The van der Waals surface area contributed by atoms with Gasteiger partial charge in [0.2, 0.25) is 0 Å². The Morgan fingerprint density at radius 2 is 1.48 bits per heavy atom. The molecule has 25 heavy (non-hydrogen) atoms. The van der Waals surface area contributed by atoms with E-state index in [1.54, 1.807) is 0 Å². The quantitative estimate of drug-likeness (QED) is 0.885. The van der Waals surface area contributed by atoms with Crippen LogP contribution in [0, 0.1) is 0 Å². The molecule has 3 rings (SSSR count). The predicted octanol–water partition coefficient (Wildman–Crippen LogP) is 4.34. The maximum absolute atomic E-state index is 12.4. The number of hydrogen-bond acceptors (Lipinski definition) is 2. The highest BCUT2D eigenvalue weighted by molar-refractivity contribution is 5.89. The zero-order chi connectivity index (χ0) is 17.9. The number of para-hydroxylation sites is 1. The van der Waals surface area contributed by atoms with E-state index >= 15 is 0 Å². The second-order valence-electron chi connectivity index (χ2n) is 7.57. The van der Waals surface area contributed by atoms with Crippen molar-refractivity contribution in [1.29, 1.82) is 0 Å². The van der Waals surface area contributed by atoms with Crippen molar-refractivity contribution >= 4 is 17.4 Å². The maximum Gasteiger partial charge on any atom is 0.321 e. The van der Waals surface area contributed by atoms with Gasteiger partial charge in [0.25, 0.3) is 0 Å². The molecule has 2 amide bonds. The summed E-state index contributed by atoms with van der Waals surface area (Å²) in [5.41, 5.74) is 3.59. The zero-order valence-electron chi connectivity index (χ0n) is 15.3. The van der Waals surface area contributed by atoms with Crippen molar-refractivity contribution in [1.82, 2.24) is 4.90 Å². The maximum atomic E-state index is 12.4. The summed E-state index contributed by atoms with van der Waals surface area (Å²) in [5.74, 6) is 0. The molecule has 0 bridgehead atoms. The minimum atomic E-state index is -0.0195. The van der Waals surface area contributed by atoms with Gasteiger partial charge in [0.1, 0.15) is 0 Å². The molecule has 2 aromatic carbocycles. The number of hydrogen-bond donors (Lipinski definition) is 1. The van der Waals surface area contributed by atoms with Gasteiger partial charge in [0.15, 0.2) is 0 Å². The van der Waals surface area contributed by atoms with Crippen LogP contribution >= 0.6 is 0 Å². The summed E-state index contributed by atoms with van der Waals surface area (Å²) in [7, 11) is 0. The van der Waals surface area contributed by atoms with Crippen LogP contribution in [0.1, 0.15) is 26.3 Å². The summed E-state index contributed by atoms with van der Waals surface area (Å²) in [6, 6.07) is 18.4. The van der Waals surface area contributed by atoms with Gasteiger partial charge < -0.3 is 15.1 Å². The number of piperazine rings is 1. The molecule has 2 aromatic rings. The van der Waals surface area contributed by atoms with E-state index in [2.05, 4.69) is 55.3 Å². The fourth-order valence-corrected chi connectivity index (χ4v) is 3.06. The van der Waals surface area contributed by atoms with E-state index in [9.17, 15) is 4.79 Å². The van der Waals surface area contributed by atoms with Gasteiger partial charge in [0.05, 0.1) is 0 Å². The first kappa shape index (κ1) is 17.3. The van der Waals surface area contributed by atoms with Gasteiger partial charge in [-0.05, 0) is 35.2 Å². The standard InChI is InChI=1S/C21H27N3O/c1-21(2,3)17-9-11-19(12-10-17)23-13-15-24(16-14-23)20(25)22-18-7-5-4-6-8-18/h4-12H,13-16H2,1-3H3,(H,22,25). The third-order valence-corrected chi connectivity index (χ3v) is 4.69. The number of carbonyl (C=O) groups is 1. The van der Waals surface area contributed by atoms with E-state index in [1.807, 2.05) is 35.2 Å². The molecule has 4 nitrogen and oxygen atoms in total. The Bertz CT molecular complexity index is 696. The topological polar surface area (TPSA) is 35.6 Å².